The van der Waals surface area contributed by atoms with Crippen LogP contribution in [0, 0.1) is 0 Å². The van der Waals surface area contributed by atoms with Crippen molar-refractivity contribution in [2.75, 3.05) is 65.6 Å². The zero-order chi connectivity index (χ0) is 27.4. The van der Waals surface area contributed by atoms with E-state index in [1.54, 1.807) is 0 Å². The maximum atomic E-state index is 13.9. The molecule has 2 atom stereocenters. The Balaban J connectivity index is 1.38. The number of amides is 2. The number of nitrogens with zero attached hydrogens (tertiary/aromatic N) is 3. The molecule has 1 N–H and O–H groups in total. The second-order valence-corrected chi connectivity index (χ2v) is 10.5. The number of ether oxygens (including phenoxy) is 2. The van der Waals surface area contributed by atoms with Crippen LogP contribution in [0.15, 0.2) is 36.4 Å². The van der Waals surface area contributed by atoms with E-state index in [0.29, 0.717) is 44.0 Å². The molecule has 39 heavy (non-hydrogen) atoms. The van der Waals surface area contributed by atoms with Crippen molar-refractivity contribution in [1.29, 1.82) is 0 Å². The molecular weight excluding hydrogens is 492 g/mol. The van der Waals surface area contributed by atoms with Gasteiger partial charge in [-0.25, -0.2) is 0 Å². The molecule has 0 radical (unpaired) electrons. The highest BCUT2D eigenvalue weighted by Crippen LogP contribution is 2.48. The summed E-state index contributed by atoms with van der Waals surface area (Å²) < 4.78 is 11.8. The minimum atomic E-state index is -0.488. The summed E-state index contributed by atoms with van der Waals surface area (Å²) in [5.41, 5.74) is 3.52. The monoisotopic (exact) mass is 534 g/mol. The average Bonchev–Trinajstić information content (AvgIpc) is 2.96. The third kappa shape index (κ3) is 5.63. The molecule has 1 saturated heterocycles. The molecule has 3 aliphatic heterocycles. The number of hydrogen-bond acceptors (Lipinski definition) is 6. The van der Waals surface area contributed by atoms with Crippen LogP contribution >= 0.6 is 0 Å². The summed E-state index contributed by atoms with van der Waals surface area (Å²) >= 11 is 0. The summed E-state index contributed by atoms with van der Waals surface area (Å²) in [7, 11) is 0. The lowest BCUT2D eigenvalue weighted by atomic mass is 9.75. The maximum Gasteiger partial charge on any atom is 0.254 e. The maximum absolute atomic E-state index is 13.9. The number of piperazine rings is 1. The minimum absolute atomic E-state index is 0.0108. The van der Waals surface area contributed by atoms with Crippen LogP contribution in [-0.2, 0) is 11.2 Å². The van der Waals surface area contributed by atoms with Crippen LogP contribution in [-0.4, -0.2) is 92.1 Å². The zero-order valence-corrected chi connectivity index (χ0v) is 23.6. The highest BCUT2D eigenvalue weighted by molar-refractivity contribution is 6.01. The van der Waals surface area contributed by atoms with Crippen molar-refractivity contribution in [3.8, 4) is 11.5 Å². The summed E-state index contributed by atoms with van der Waals surface area (Å²) in [5, 5.41) is 3.23. The largest absolute Gasteiger partial charge is 0.490 e. The SMILES string of the molecule is CCOc1cc2c(cc1OCC)[C@H]1[C@H](C(=O)NCCCN3CCN(CC)CC3)c3ccccc3C(=O)N1CC2. The molecule has 3 heterocycles. The average molecular weight is 535 g/mol. The normalized spacial score (nSPS) is 21.1. The Morgan fingerprint density at radius 1 is 0.923 bits per heavy atom. The molecular formula is C31H42N4O4. The van der Waals surface area contributed by atoms with Crippen LogP contribution in [0.2, 0.25) is 0 Å². The van der Waals surface area contributed by atoms with Crippen molar-refractivity contribution in [2.24, 2.45) is 0 Å². The van der Waals surface area contributed by atoms with Gasteiger partial charge in [0.15, 0.2) is 11.5 Å². The van der Waals surface area contributed by atoms with Gasteiger partial charge in [0, 0.05) is 44.8 Å². The second kappa shape index (κ2) is 12.4. The molecule has 0 spiro atoms. The van der Waals surface area contributed by atoms with E-state index in [1.165, 1.54) is 0 Å². The lowest BCUT2D eigenvalue weighted by Gasteiger charge is -2.45. The molecule has 8 heteroatoms. The molecule has 2 amide bonds. The van der Waals surface area contributed by atoms with Gasteiger partial charge in [0.05, 0.1) is 25.2 Å². The van der Waals surface area contributed by atoms with Crippen molar-refractivity contribution in [3.05, 3.63) is 58.7 Å². The molecule has 210 valence electrons. The molecule has 0 bridgehead atoms. The van der Waals surface area contributed by atoms with Crippen LogP contribution in [0.25, 0.3) is 0 Å². The van der Waals surface area contributed by atoms with Crippen molar-refractivity contribution < 1.29 is 19.1 Å². The second-order valence-electron chi connectivity index (χ2n) is 10.5. The van der Waals surface area contributed by atoms with Gasteiger partial charge in [-0.05, 0) is 74.7 Å². The van der Waals surface area contributed by atoms with Gasteiger partial charge >= 0.3 is 0 Å². The van der Waals surface area contributed by atoms with E-state index in [-0.39, 0.29) is 17.9 Å². The van der Waals surface area contributed by atoms with Gasteiger partial charge < -0.3 is 29.5 Å². The van der Waals surface area contributed by atoms with Crippen LogP contribution in [0.3, 0.4) is 0 Å². The van der Waals surface area contributed by atoms with Crippen LogP contribution in [0.5, 0.6) is 11.5 Å². The standard InChI is InChI=1S/C31H42N4O4/c1-4-33-16-18-34(19-17-33)14-9-13-32-30(36)28-23-10-7-8-11-24(23)31(37)35-15-12-22-20-26(38-5-2)27(39-6-3)21-25(22)29(28)35/h7-8,10-11,20-21,28-29H,4-6,9,12-19H2,1-3H3,(H,32,36)/t28-,29+/m1/s1. The Kier molecular flexibility index (Phi) is 8.72. The van der Waals surface area contributed by atoms with Gasteiger partial charge in [-0.15, -0.1) is 0 Å². The van der Waals surface area contributed by atoms with Crippen molar-refractivity contribution in [2.45, 2.75) is 45.6 Å². The first-order chi connectivity index (χ1) is 19.0. The fourth-order valence-electron chi connectivity index (χ4n) is 6.31. The van der Waals surface area contributed by atoms with Gasteiger partial charge in [-0.1, -0.05) is 25.1 Å². The van der Waals surface area contributed by atoms with Crippen LogP contribution < -0.4 is 14.8 Å². The van der Waals surface area contributed by atoms with E-state index in [9.17, 15) is 9.59 Å². The van der Waals surface area contributed by atoms with Gasteiger partial charge in [-0.3, -0.25) is 9.59 Å². The first kappa shape index (κ1) is 27.5. The summed E-state index contributed by atoms with van der Waals surface area (Å²) in [6.07, 6.45) is 1.62. The highest BCUT2D eigenvalue weighted by atomic mass is 16.5. The molecule has 8 nitrogen and oxygen atoms in total. The van der Waals surface area contributed by atoms with Gasteiger partial charge in [0.1, 0.15) is 0 Å². The molecule has 0 saturated carbocycles. The highest BCUT2D eigenvalue weighted by Gasteiger charge is 2.46. The summed E-state index contributed by atoms with van der Waals surface area (Å²) in [5.74, 6) is 0.853. The van der Waals surface area contributed by atoms with Gasteiger partial charge in [0.25, 0.3) is 5.91 Å². The van der Waals surface area contributed by atoms with Gasteiger partial charge in [0.2, 0.25) is 5.91 Å². The fraction of sp³-hybridized carbons (Fsp3) is 0.548. The number of fused-ring (bicyclic) bond motifs is 4. The predicted molar refractivity (Wildman–Crippen MR) is 152 cm³/mol. The topological polar surface area (TPSA) is 74.4 Å². The smallest absolute Gasteiger partial charge is 0.254 e. The van der Waals surface area contributed by atoms with E-state index in [0.717, 1.165) is 68.1 Å². The molecule has 2 aromatic carbocycles. The zero-order valence-electron chi connectivity index (χ0n) is 23.6. The Hall–Kier alpha value is -3.10. The molecule has 2 aromatic rings. The number of nitrogens with one attached hydrogen (secondary N) is 1. The minimum Gasteiger partial charge on any atom is -0.490 e. The van der Waals surface area contributed by atoms with E-state index >= 15 is 0 Å². The Morgan fingerprint density at radius 3 is 2.33 bits per heavy atom. The molecule has 0 aliphatic carbocycles. The Labute approximate surface area is 232 Å². The first-order valence-corrected chi connectivity index (χ1v) is 14.6. The molecule has 1 fully saturated rings. The summed E-state index contributed by atoms with van der Waals surface area (Å²) in [6.45, 7) is 14.8. The van der Waals surface area contributed by atoms with E-state index < -0.39 is 5.92 Å². The fourth-order valence-corrected chi connectivity index (χ4v) is 6.31. The summed E-state index contributed by atoms with van der Waals surface area (Å²) in [4.78, 5) is 34.4. The van der Waals surface area contributed by atoms with Crippen molar-refractivity contribution >= 4 is 11.8 Å². The third-order valence-electron chi connectivity index (χ3n) is 8.33. The quantitative estimate of drug-likeness (QED) is 0.471. The number of benzene rings is 2. The molecule has 5 rings (SSSR count). The third-order valence-corrected chi connectivity index (χ3v) is 8.33. The Morgan fingerprint density at radius 2 is 1.62 bits per heavy atom. The number of carbonyl (C=O) groups is 2. The molecule has 0 aromatic heterocycles. The summed E-state index contributed by atoms with van der Waals surface area (Å²) in [6, 6.07) is 11.2. The number of carbonyl (C=O) groups excluding carboxylic acids is 2. The van der Waals surface area contributed by atoms with Crippen molar-refractivity contribution in [1.82, 2.24) is 20.0 Å². The van der Waals surface area contributed by atoms with E-state index in [2.05, 4.69) is 22.0 Å². The lowest BCUT2D eigenvalue weighted by Crippen LogP contribution is -2.50. The Bertz CT molecular complexity index is 1180. The number of rotatable bonds is 10. The first-order valence-electron chi connectivity index (χ1n) is 14.6. The van der Waals surface area contributed by atoms with E-state index in [4.69, 9.17) is 9.47 Å². The molecule has 0 unspecified atom stereocenters. The number of hydrogen-bond donors (Lipinski definition) is 1. The van der Waals surface area contributed by atoms with E-state index in [1.807, 2.05) is 55.1 Å². The predicted octanol–water partition coefficient (Wildman–Crippen LogP) is 3.46. The van der Waals surface area contributed by atoms with Crippen LogP contribution in [0.4, 0.5) is 0 Å². The lowest BCUT2D eigenvalue weighted by molar-refractivity contribution is -0.124. The van der Waals surface area contributed by atoms with Crippen molar-refractivity contribution in [3.63, 3.8) is 0 Å². The molecule has 3 aliphatic rings. The van der Waals surface area contributed by atoms with Gasteiger partial charge in [-0.2, -0.15) is 0 Å². The van der Waals surface area contributed by atoms with Crippen LogP contribution in [0.1, 0.15) is 66.2 Å². The number of likely N-dealkylation sites (N-methyl/N-ethyl adjacent to an activating group) is 1.